The molecule has 11 heteroatoms. The summed E-state index contributed by atoms with van der Waals surface area (Å²) in [5.41, 5.74) is 1.33. The highest BCUT2D eigenvalue weighted by Gasteiger charge is 2.46. The monoisotopic (exact) mass is 551 g/mol. The topological polar surface area (TPSA) is 106 Å². The number of nitrogens with zero attached hydrogens (tertiary/aromatic N) is 3. The van der Waals surface area contributed by atoms with Gasteiger partial charge in [-0.25, -0.2) is 4.39 Å². The second-order valence-corrected chi connectivity index (χ2v) is 10.5. The molecule has 8 nitrogen and oxygen atoms in total. The van der Waals surface area contributed by atoms with E-state index in [-0.39, 0.29) is 22.3 Å². The van der Waals surface area contributed by atoms with E-state index in [0.29, 0.717) is 33.8 Å². The van der Waals surface area contributed by atoms with Gasteiger partial charge in [0.1, 0.15) is 17.3 Å². The van der Waals surface area contributed by atoms with Gasteiger partial charge in [-0.05, 0) is 61.4 Å². The number of anilines is 1. The Morgan fingerprint density at radius 3 is 2.68 bits per heavy atom. The zero-order valence-electron chi connectivity index (χ0n) is 20.4. The Bertz CT molecular complexity index is 1530. The van der Waals surface area contributed by atoms with Gasteiger partial charge in [-0.1, -0.05) is 47.4 Å². The zero-order chi connectivity index (χ0) is 26.8. The quantitative estimate of drug-likeness (QED) is 0.152. The van der Waals surface area contributed by atoms with E-state index >= 15 is 0 Å². The Morgan fingerprint density at radius 1 is 1.18 bits per heavy atom. The number of ether oxygens (including phenoxy) is 1. The van der Waals surface area contributed by atoms with Crippen LogP contribution in [0.2, 0.25) is 0 Å². The maximum atomic E-state index is 13.5. The number of carbonyl (C=O) groups is 2. The molecule has 2 aromatic carbocycles. The summed E-state index contributed by atoms with van der Waals surface area (Å²) in [6, 6.07) is 15.3. The molecule has 0 radical (unpaired) electrons. The predicted molar refractivity (Wildman–Crippen MR) is 141 cm³/mol. The molecule has 1 aliphatic rings. The molecule has 1 unspecified atom stereocenters. The lowest BCUT2D eigenvalue weighted by Gasteiger charge is -2.24. The third-order valence-electron chi connectivity index (χ3n) is 5.78. The van der Waals surface area contributed by atoms with Crippen LogP contribution in [-0.2, 0) is 10.5 Å². The Kier molecular flexibility index (Phi) is 7.30. The number of hydrogen-bond acceptors (Lipinski definition) is 9. The van der Waals surface area contributed by atoms with Crippen molar-refractivity contribution in [2.45, 2.75) is 30.0 Å². The standard InChI is InChI=1S/C27H22FN3O5S2/c1-3-35-19-6-4-5-17(13-19)22-21(23(32)20-12-7-15(2)36-20)24(33)25(34)31(22)26-29-30-27(38-26)37-14-16-8-10-18(28)11-9-16/h4-13,22,33H,3,14H2,1-2H3. The number of halogens is 1. The molecule has 1 N–H and O–H groups in total. The minimum atomic E-state index is -0.983. The summed E-state index contributed by atoms with van der Waals surface area (Å²) in [4.78, 5) is 28.1. The number of amides is 1. The molecule has 2 aromatic heterocycles. The third kappa shape index (κ3) is 5.07. The van der Waals surface area contributed by atoms with E-state index in [4.69, 9.17) is 9.15 Å². The van der Waals surface area contributed by atoms with Crippen LogP contribution in [-0.4, -0.2) is 33.6 Å². The van der Waals surface area contributed by atoms with E-state index in [9.17, 15) is 19.1 Å². The summed E-state index contributed by atoms with van der Waals surface area (Å²) in [5.74, 6) is -0.749. The molecular formula is C27H22FN3O5S2. The summed E-state index contributed by atoms with van der Waals surface area (Å²) < 4.78 is 24.9. The summed E-state index contributed by atoms with van der Waals surface area (Å²) >= 11 is 2.53. The average Bonchev–Trinajstić information content (AvgIpc) is 3.62. The highest BCUT2D eigenvalue weighted by atomic mass is 32.2. The first kappa shape index (κ1) is 25.7. The molecule has 0 saturated carbocycles. The summed E-state index contributed by atoms with van der Waals surface area (Å²) in [6.07, 6.45) is 0. The van der Waals surface area contributed by atoms with Crippen LogP contribution in [0, 0.1) is 12.7 Å². The van der Waals surface area contributed by atoms with Gasteiger partial charge < -0.3 is 14.3 Å². The first-order chi connectivity index (χ1) is 18.4. The number of hydrogen-bond donors (Lipinski definition) is 1. The van der Waals surface area contributed by atoms with Gasteiger partial charge in [0.15, 0.2) is 15.9 Å². The lowest BCUT2D eigenvalue weighted by atomic mass is 9.95. The van der Waals surface area contributed by atoms with Gasteiger partial charge in [-0.3, -0.25) is 14.5 Å². The van der Waals surface area contributed by atoms with Crippen LogP contribution >= 0.6 is 23.1 Å². The van der Waals surface area contributed by atoms with Gasteiger partial charge in [0.05, 0.1) is 18.2 Å². The molecule has 1 aliphatic heterocycles. The molecule has 194 valence electrons. The fraction of sp³-hybridized carbons (Fsp3) is 0.185. The van der Waals surface area contributed by atoms with Gasteiger partial charge in [0.25, 0.3) is 5.91 Å². The fourth-order valence-corrected chi connectivity index (χ4v) is 5.89. The van der Waals surface area contributed by atoms with Crippen LogP contribution in [0.4, 0.5) is 9.52 Å². The Labute approximate surface area is 225 Å². The third-order valence-corrected chi connectivity index (χ3v) is 7.91. The minimum Gasteiger partial charge on any atom is -0.503 e. The zero-order valence-corrected chi connectivity index (χ0v) is 22.0. The number of rotatable bonds is 9. The molecule has 4 aromatic rings. The van der Waals surface area contributed by atoms with Crippen molar-refractivity contribution in [3.8, 4) is 5.75 Å². The second kappa shape index (κ2) is 10.8. The first-order valence-electron chi connectivity index (χ1n) is 11.7. The number of thioether (sulfide) groups is 1. The van der Waals surface area contributed by atoms with E-state index in [0.717, 1.165) is 16.9 Å². The number of aliphatic hydroxyl groups is 1. The number of benzene rings is 2. The number of carbonyl (C=O) groups excluding carboxylic acids is 2. The molecule has 5 rings (SSSR count). The van der Waals surface area contributed by atoms with Crippen LogP contribution in [0.1, 0.15) is 40.4 Å². The summed E-state index contributed by atoms with van der Waals surface area (Å²) in [6.45, 7) is 3.98. The van der Waals surface area contributed by atoms with Crippen LogP contribution in [0.15, 0.2) is 80.8 Å². The Balaban J connectivity index is 1.50. The number of aryl methyl sites for hydroxylation is 1. The van der Waals surface area contributed by atoms with Crippen molar-refractivity contribution in [1.29, 1.82) is 0 Å². The fourth-order valence-electron chi connectivity index (χ4n) is 4.06. The van der Waals surface area contributed by atoms with Crippen molar-refractivity contribution in [1.82, 2.24) is 10.2 Å². The second-order valence-electron chi connectivity index (χ2n) is 8.35. The van der Waals surface area contributed by atoms with Crippen LogP contribution in [0.3, 0.4) is 0 Å². The SMILES string of the molecule is CCOc1cccc(C2C(C(=O)c3ccc(C)o3)=C(O)C(=O)N2c2nnc(SCc3ccc(F)cc3)s2)c1. The number of Topliss-reactive ketones (excluding diaryl/α,β-unsaturated/α-hetero) is 1. The maximum absolute atomic E-state index is 13.5. The van der Waals surface area contributed by atoms with Gasteiger partial charge in [-0.2, -0.15) is 0 Å². The number of aromatic nitrogens is 2. The minimum absolute atomic E-state index is 0.0115. The maximum Gasteiger partial charge on any atom is 0.296 e. The predicted octanol–water partition coefficient (Wildman–Crippen LogP) is 6.05. The lowest BCUT2D eigenvalue weighted by molar-refractivity contribution is -0.117. The van der Waals surface area contributed by atoms with Crippen LogP contribution in [0.25, 0.3) is 0 Å². The number of ketones is 1. The summed E-state index contributed by atoms with van der Waals surface area (Å²) in [5, 5.41) is 19.5. The normalized spacial score (nSPS) is 15.4. The van der Waals surface area contributed by atoms with Crippen molar-refractivity contribution < 1.29 is 28.2 Å². The highest BCUT2D eigenvalue weighted by molar-refractivity contribution is 8.00. The molecule has 0 fully saturated rings. The number of furan rings is 1. The summed E-state index contributed by atoms with van der Waals surface area (Å²) in [7, 11) is 0. The van der Waals surface area contributed by atoms with Crippen molar-refractivity contribution in [3.05, 3.63) is 100 Å². The largest absolute Gasteiger partial charge is 0.503 e. The van der Waals surface area contributed by atoms with Crippen LogP contribution in [0.5, 0.6) is 5.75 Å². The van der Waals surface area contributed by atoms with Gasteiger partial charge in [-0.15, -0.1) is 10.2 Å². The van der Waals surface area contributed by atoms with E-state index < -0.39 is 23.5 Å². The molecule has 38 heavy (non-hydrogen) atoms. The molecule has 1 amide bonds. The van der Waals surface area contributed by atoms with E-state index in [1.807, 2.05) is 6.92 Å². The van der Waals surface area contributed by atoms with E-state index in [1.165, 1.54) is 34.9 Å². The Hall–Kier alpha value is -3.96. The van der Waals surface area contributed by atoms with Gasteiger partial charge in [0.2, 0.25) is 10.9 Å². The lowest BCUT2D eigenvalue weighted by Crippen LogP contribution is -2.31. The molecule has 0 spiro atoms. The smallest absolute Gasteiger partial charge is 0.296 e. The van der Waals surface area contributed by atoms with Crippen LogP contribution < -0.4 is 9.64 Å². The first-order valence-corrected chi connectivity index (χ1v) is 13.5. The van der Waals surface area contributed by atoms with Crippen molar-refractivity contribution >= 4 is 39.9 Å². The molecular weight excluding hydrogens is 529 g/mol. The molecule has 1 atom stereocenters. The van der Waals surface area contributed by atoms with E-state index in [2.05, 4.69) is 10.2 Å². The Morgan fingerprint density at radius 2 is 1.97 bits per heavy atom. The molecule has 0 bridgehead atoms. The average molecular weight is 552 g/mol. The van der Waals surface area contributed by atoms with Crippen molar-refractivity contribution in [3.63, 3.8) is 0 Å². The highest BCUT2D eigenvalue weighted by Crippen LogP contribution is 2.44. The van der Waals surface area contributed by atoms with Gasteiger partial charge >= 0.3 is 0 Å². The number of aliphatic hydroxyl groups excluding tert-OH is 1. The van der Waals surface area contributed by atoms with E-state index in [1.54, 1.807) is 49.4 Å². The molecule has 0 saturated heterocycles. The van der Waals surface area contributed by atoms with Crippen molar-refractivity contribution in [2.24, 2.45) is 0 Å². The van der Waals surface area contributed by atoms with Gasteiger partial charge in [0, 0.05) is 5.75 Å². The molecule has 0 aliphatic carbocycles. The molecule has 3 heterocycles. The van der Waals surface area contributed by atoms with Crippen molar-refractivity contribution in [2.75, 3.05) is 11.5 Å².